The minimum absolute atomic E-state index is 0.0964. The van der Waals surface area contributed by atoms with E-state index in [0.717, 1.165) is 11.2 Å². The summed E-state index contributed by atoms with van der Waals surface area (Å²) in [5.74, 6) is 0. The van der Waals surface area contributed by atoms with Crippen LogP contribution in [0.4, 0.5) is 0 Å². The maximum atomic E-state index is 6.92. The summed E-state index contributed by atoms with van der Waals surface area (Å²) >= 11 is 0. The SMILES string of the molecule is CC1(C)c2ccccc2-c2ccc3oc4ccc5c6c(ccc(c7ccc1c2c37)c46)C(C)(C)c1ccccc1-5. The third-order valence-corrected chi connectivity index (χ3v) is 9.88. The molecule has 0 radical (unpaired) electrons. The number of hydrogen-bond acceptors (Lipinski definition) is 1. The molecule has 1 heteroatoms. The fourth-order valence-electron chi connectivity index (χ4n) is 7.97. The van der Waals surface area contributed by atoms with Crippen LogP contribution in [0.15, 0.2) is 101 Å². The number of benzene rings is 6. The Morgan fingerprint density at radius 3 is 1.28 bits per heavy atom. The third-order valence-electron chi connectivity index (χ3n) is 9.88. The van der Waals surface area contributed by atoms with Crippen molar-refractivity contribution in [1.82, 2.24) is 0 Å². The van der Waals surface area contributed by atoms with Crippen molar-refractivity contribution < 1.29 is 4.42 Å². The van der Waals surface area contributed by atoms with Crippen LogP contribution in [-0.2, 0) is 10.8 Å². The second-order valence-electron chi connectivity index (χ2n) is 12.5. The van der Waals surface area contributed by atoms with E-state index in [1.807, 2.05) is 0 Å². The molecule has 1 heterocycles. The number of hydrogen-bond donors (Lipinski definition) is 0. The largest absolute Gasteiger partial charge is 0.456 e. The van der Waals surface area contributed by atoms with E-state index in [0.29, 0.717) is 0 Å². The van der Waals surface area contributed by atoms with Gasteiger partial charge < -0.3 is 4.42 Å². The maximum absolute atomic E-state index is 6.92. The first kappa shape index (κ1) is 21.6. The molecule has 39 heavy (non-hydrogen) atoms. The Kier molecular flexibility index (Phi) is 3.75. The monoisotopic (exact) mass is 500 g/mol. The van der Waals surface area contributed by atoms with Crippen molar-refractivity contribution in [2.45, 2.75) is 38.5 Å². The molecule has 0 aliphatic heterocycles. The van der Waals surface area contributed by atoms with E-state index in [1.54, 1.807) is 0 Å². The molecule has 0 bridgehead atoms. The molecule has 0 N–H and O–H groups in total. The molecular weight excluding hydrogens is 472 g/mol. The molecular formula is C38H28O. The lowest BCUT2D eigenvalue weighted by Gasteiger charge is -2.35. The summed E-state index contributed by atoms with van der Waals surface area (Å²) in [6, 6.07) is 36.2. The molecule has 2 aliphatic rings. The van der Waals surface area contributed by atoms with Gasteiger partial charge in [0, 0.05) is 21.6 Å². The first-order chi connectivity index (χ1) is 18.9. The quantitative estimate of drug-likeness (QED) is 0.202. The predicted molar refractivity (Wildman–Crippen MR) is 164 cm³/mol. The average molecular weight is 501 g/mol. The Morgan fingerprint density at radius 2 is 0.821 bits per heavy atom. The van der Waals surface area contributed by atoms with Crippen molar-refractivity contribution >= 4 is 43.5 Å². The Bertz CT molecular complexity index is 2060. The molecule has 0 saturated heterocycles. The van der Waals surface area contributed by atoms with Gasteiger partial charge >= 0.3 is 0 Å². The molecule has 0 saturated carbocycles. The van der Waals surface area contributed by atoms with Gasteiger partial charge in [-0.25, -0.2) is 0 Å². The van der Waals surface area contributed by atoms with Gasteiger partial charge in [-0.05, 0) is 78.2 Å². The second-order valence-corrected chi connectivity index (χ2v) is 12.5. The minimum Gasteiger partial charge on any atom is -0.456 e. The molecule has 1 nitrogen and oxygen atoms in total. The molecule has 0 fully saturated rings. The standard InChI is InChI=1S/C38H28O/c1-37(2)27-11-7-5-9-21(27)23-15-19-31-35-25(13-17-29(37)33(23)35)26-14-18-30-34-24(16-20-32(39-31)36(26)34)22-10-6-8-12-28(22)38(30,3)4/h5-20H,1-4H3. The summed E-state index contributed by atoms with van der Waals surface area (Å²) in [5, 5.41) is 7.65. The van der Waals surface area contributed by atoms with Crippen molar-refractivity contribution in [3.63, 3.8) is 0 Å². The van der Waals surface area contributed by atoms with E-state index >= 15 is 0 Å². The van der Waals surface area contributed by atoms with Crippen molar-refractivity contribution in [3.8, 4) is 22.3 Å². The molecule has 0 atom stereocenters. The van der Waals surface area contributed by atoms with Gasteiger partial charge in [0.15, 0.2) is 0 Å². The van der Waals surface area contributed by atoms with E-state index in [4.69, 9.17) is 4.42 Å². The lowest BCUT2D eigenvalue weighted by Crippen LogP contribution is -2.23. The van der Waals surface area contributed by atoms with Crippen LogP contribution in [0.2, 0.25) is 0 Å². The zero-order chi connectivity index (χ0) is 26.3. The van der Waals surface area contributed by atoms with Gasteiger partial charge in [0.1, 0.15) is 11.2 Å². The fourth-order valence-corrected chi connectivity index (χ4v) is 7.97. The Labute approximate surface area is 227 Å². The summed E-state index contributed by atoms with van der Waals surface area (Å²) < 4.78 is 6.92. The summed E-state index contributed by atoms with van der Waals surface area (Å²) in [7, 11) is 0. The minimum atomic E-state index is -0.0964. The Hall–Kier alpha value is -4.36. The number of rotatable bonds is 0. The molecule has 6 aromatic carbocycles. The summed E-state index contributed by atoms with van der Waals surface area (Å²) in [6.07, 6.45) is 0. The summed E-state index contributed by atoms with van der Waals surface area (Å²) in [6.45, 7) is 9.43. The Balaban J connectivity index is 1.53. The highest BCUT2D eigenvalue weighted by molar-refractivity contribution is 6.28. The predicted octanol–water partition coefficient (Wildman–Crippen LogP) is 10.5. The van der Waals surface area contributed by atoms with Crippen LogP contribution in [0.5, 0.6) is 0 Å². The van der Waals surface area contributed by atoms with Gasteiger partial charge in [-0.3, -0.25) is 0 Å². The van der Waals surface area contributed by atoms with Crippen LogP contribution < -0.4 is 0 Å². The second kappa shape index (κ2) is 6.79. The zero-order valence-corrected chi connectivity index (χ0v) is 22.6. The molecule has 9 rings (SSSR count). The van der Waals surface area contributed by atoms with Crippen LogP contribution >= 0.6 is 0 Å². The highest BCUT2D eigenvalue weighted by Crippen LogP contribution is 2.54. The van der Waals surface area contributed by atoms with Gasteiger partial charge in [0.2, 0.25) is 0 Å². The molecule has 0 amide bonds. The van der Waals surface area contributed by atoms with Crippen LogP contribution in [0.1, 0.15) is 49.9 Å². The van der Waals surface area contributed by atoms with E-state index in [-0.39, 0.29) is 10.8 Å². The maximum Gasteiger partial charge on any atom is 0.135 e. The van der Waals surface area contributed by atoms with Gasteiger partial charge in [0.05, 0.1) is 0 Å². The topological polar surface area (TPSA) is 13.1 Å². The zero-order valence-electron chi connectivity index (χ0n) is 22.6. The van der Waals surface area contributed by atoms with Crippen LogP contribution in [0.25, 0.3) is 65.7 Å². The van der Waals surface area contributed by atoms with Gasteiger partial charge in [-0.1, -0.05) is 113 Å². The molecule has 2 aliphatic carbocycles. The van der Waals surface area contributed by atoms with Gasteiger partial charge in [-0.2, -0.15) is 0 Å². The highest BCUT2D eigenvalue weighted by Gasteiger charge is 2.36. The molecule has 0 spiro atoms. The van der Waals surface area contributed by atoms with Crippen molar-refractivity contribution in [3.05, 3.63) is 119 Å². The van der Waals surface area contributed by atoms with Crippen LogP contribution in [0, 0.1) is 0 Å². The highest BCUT2D eigenvalue weighted by atomic mass is 16.3. The average Bonchev–Trinajstić information content (AvgIpc) is 3.09. The first-order valence-electron chi connectivity index (χ1n) is 14.0. The van der Waals surface area contributed by atoms with Gasteiger partial charge in [0.25, 0.3) is 0 Å². The lowest BCUT2D eigenvalue weighted by molar-refractivity contribution is 0.643. The lowest BCUT2D eigenvalue weighted by atomic mass is 9.67. The fraction of sp³-hybridized carbons (Fsp3) is 0.158. The normalized spacial score (nSPS) is 16.1. The van der Waals surface area contributed by atoms with Gasteiger partial charge in [-0.15, -0.1) is 0 Å². The molecule has 1 aromatic heterocycles. The first-order valence-corrected chi connectivity index (χ1v) is 14.0. The molecule has 0 unspecified atom stereocenters. The van der Waals surface area contributed by atoms with Crippen molar-refractivity contribution in [2.24, 2.45) is 0 Å². The van der Waals surface area contributed by atoms with Crippen LogP contribution in [-0.4, -0.2) is 0 Å². The van der Waals surface area contributed by atoms with Crippen molar-refractivity contribution in [1.29, 1.82) is 0 Å². The van der Waals surface area contributed by atoms with E-state index < -0.39 is 0 Å². The smallest absolute Gasteiger partial charge is 0.135 e. The molecule has 7 aromatic rings. The number of fused-ring (bicyclic) bond motifs is 5. The third kappa shape index (κ3) is 2.43. The van der Waals surface area contributed by atoms with E-state index in [9.17, 15) is 0 Å². The summed E-state index contributed by atoms with van der Waals surface area (Å²) in [5.41, 5.74) is 12.5. The van der Waals surface area contributed by atoms with E-state index in [2.05, 4.69) is 125 Å². The summed E-state index contributed by atoms with van der Waals surface area (Å²) in [4.78, 5) is 0. The van der Waals surface area contributed by atoms with Crippen molar-refractivity contribution in [2.75, 3.05) is 0 Å². The molecule has 186 valence electrons. The Morgan fingerprint density at radius 1 is 0.385 bits per heavy atom. The van der Waals surface area contributed by atoms with E-state index in [1.165, 1.54) is 76.8 Å². The van der Waals surface area contributed by atoms with Crippen LogP contribution in [0.3, 0.4) is 0 Å².